The highest BCUT2D eigenvalue weighted by molar-refractivity contribution is 6.30. The molecule has 2 heterocycles. The Bertz CT molecular complexity index is 1200. The van der Waals surface area contributed by atoms with E-state index < -0.39 is 0 Å². The van der Waals surface area contributed by atoms with Crippen molar-refractivity contribution in [3.8, 4) is 17.2 Å². The van der Waals surface area contributed by atoms with Gasteiger partial charge in [0.15, 0.2) is 0 Å². The summed E-state index contributed by atoms with van der Waals surface area (Å²) in [5, 5.41) is 10.7. The molecule has 0 radical (unpaired) electrons. The summed E-state index contributed by atoms with van der Waals surface area (Å²) in [7, 11) is 0. The molecule has 5 rings (SSSR count). The van der Waals surface area contributed by atoms with Crippen LogP contribution in [-0.4, -0.2) is 36.2 Å². The van der Waals surface area contributed by atoms with Crippen molar-refractivity contribution in [2.75, 3.05) is 26.2 Å². The van der Waals surface area contributed by atoms with Crippen LogP contribution in [0.3, 0.4) is 0 Å². The van der Waals surface area contributed by atoms with Crippen molar-refractivity contribution in [2.45, 2.75) is 26.4 Å². The largest absolute Gasteiger partial charge is 0.508 e. The molecule has 0 aliphatic carbocycles. The first kappa shape index (κ1) is 22.8. The highest BCUT2D eigenvalue weighted by Crippen LogP contribution is 2.47. The van der Waals surface area contributed by atoms with Crippen molar-refractivity contribution < 1.29 is 14.6 Å². The predicted molar refractivity (Wildman–Crippen MR) is 138 cm³/mol. The molecule has 3 aromatic carbocycles. The van der Waals surface area contributed by atoms with E-state index in [1.807, 2.05) is 42.5 Å². The quantitative estimate of drug-likeness (QED) is 0.406. The maximum absolute atomic E-state index is 10.1. The van der Waals surface area contributed by atoms with Crippen LogP contribution in [0.5, 0.6) is 17.2 Å². The van der Waals surface area contributed by atoms with Gasteiger partial charge in [0.2, 0.25) is 0 Å². The van der Waals surface area contributed by atoms with Crippen LogP contribution in [0.1, 0.15) is 43.1 Å². The highest BCUT2D eigenvalue weighted by Gasteiger charge is 2.30. The number of likely N-dealkylation sites (tertiary alicyclic amines) is 1. The molecule has 1 unspecified atom stereocenters. The third-order valence-corrected chi connectivity index (χ3v) is 7.12. The predicted octanol–water partition coefficient (Wildman–Crippen LogP) is 6.83. The number of phenolic OH excluding ortho intramolecular Hbond substituents is 1. The average Bonchev–Trinajstić information content (AvgIpc) is 2.81. The van der Waals surface area contributed by atoms with E-state index in [0.29, 0.717) is 11.6 Å². The Balaban J connectivity index is 1.38. The highest BCUT2D eigenvalue weighted by atomic mass is 35.5. The standard InChI is InChI=1S/C29H30ClNO3/c1-3-20-17-31(18-20)13-14-33-25-10-7-21(8-11-25)29-28(22-5-4-6-23(30)15-22)19(2)26-16-24(32)9-12-27(26)34-29/h4-12,15-16,20,29,32H,3,13-14,17-18H2,1-2H3. The van der Waals surface area contributed by atoms with Gasteiger partial charge in [0.25, 0.3) is 0 Å². The maximum atomic E-state index is 10.1. The van der Waals surface area contributed by atoms with Gasteiger partial charge in [-0.05, 0) is 72.0 Å². The van der Waals surface area contributed by atoms with Crippen LogP contribution in [-0.2, 0) is 0 Å². The molecule has 0 aromatic heterocycles. The molecule has 34 heavy (non-hydrogen) atoms. The fourth-order valence-electron chi connectivity index (χ4n) is 4.85. The van der Waals surface area contributed by atoms with Gasteiger partial charge in [-0.1, -0.05) is 49.2 Å². The molecule has 1 saturated heterocycles. The summed E-state index contributed by atoms with van der Waals surface area (Å²) in [6, 6.07) is 21.2. The van der Waals surface area contributed by atoms with E-state index in [1.165, 1.54) is 19.5 Å². The lowest BCUT2D eigenvalue weighted by Crippen LogP contribution is -2.47. The van der Waals surface area contributed by atoms with E-state index in [4.69, 9.17) is 21.1 Å². The lowest BCUT2D eigenvalue weighted by molar-refractivity contribution is 0.0806. The Kier molecular flexibility index (Phi) is 6.53. The zero-order valence-electron chi connectivity index (χ0n) is 19.6. The lowest BCUT2D eigenvalue weighted by atomic mass is 9.86. The molecule has 1 fully saturated rings. The molecule has 3 aromatic rings. The van der Waals surface area contributed by atoms with E-state index in [2.05, 4.69) is 30.9 Å². The smallest absolute Gasteiger partial charge is 0.150 e. The molecule has 176 valence electrons. The number of phenols is 1. The van der Waals surface area contributed by atoms with Gasteiger partial charge in [0.05, 0.1) is 0 Å². The maximum Gasteiger partial charge on any atom is 0.150 e. The van der Waals surface area contributed by atoms with Crippen LogP contribution < -0.4 is 9.47 Å². The summed E-state index contributed by atoms with van der Waals surface area (Å²) in [5.74, 6) is 2.69. The van der Waals surface area contributed by atoms with Gasteiger partial charge in [-0.25, -0.2) is 0 Å². The van der Waals surface area contributed by atoms with Crippen LogP contribution in [0.25, 0.3) is 11.1 Å². The number of aromatic hydroxyl groups is 1. The van der Waals surface area contributed by atoms with Crippen LogP contribution in [0.2, 0.25) is 5.02 Å². The van der Waals surface area contributed by atoms with Crippen LogP contribution in [0, 0.1) is 5.92 Å². The molecule has 1 atom stereocenters. The van der Waals surface area contributed by atoms with Gasteiger partial charge in [-0.15, -0.1) is 0 Å². The van der Waals surface area contributed by atoms with E-state index in [9.17, 15) is 5.11 Å². The summed E-state index contributed by atoms with van der Waals surface area (Å²) in [6.07, 6.45) is 0.968. The number of ether oxygens (including phenoxy) is 2. The number of hydrogen-bond acceptors (Lipinski definition) is 4. The minimum Gasteiger partial charge on any atom is -0.508 e. The molecule has 0 amide bonds. The monoisotopic (exact) mass is 475 g/mol. The van der Waals surface area contributed by atoms with Gasteiger partial charge in [0.1, 0.15) is 30.0 Å². The number of benzene rings is 3. The fraction of sp³-hybridized carbons (Fsp3) is 0.310. The molecule has 0 spiro atoms. The number of allylic oxidation sites excluding steroid dienone is 1. The zero-order chi connectivity index (χ0) is 23.7. The molecule has 4 nitrogen and oxygen atoms in total. The average molecular weight is 476 g/mol. The van der Waals surface area contributed by atoms with Crippen LogP contribution in [0.15, 0.2) is 66.7 Å². The number of rotatable bonds is 7. The molecular formula is C29H30ClNO3. The first-order chi connectivity index (χ1) is 16.5. The molecule has 1 N–H and O–H groups in total. The number of nitrogens with zero attached hydrogens (tertiary/aromatic N) is 1. The SMILES string of the molecule is CCC1CN(CCOc2ccc(C3Oc4ccc(O)cc4C(C)=C3c3cccc(Cl)c3)cc2)C1. The normalized spacial score (nSPS) is 18.3. The van der Waals surface area contributed by atoms with Crippen molar-refractivity contribution in [3.63, 3.8) is 0 Å². The summed E-state index contributed by atoms with van der Waals surface area (Å²) in [4.78, 5) is 2.44. The van der Waals surface area contributed by atoms with Crippen molar-refractivity contribution in [1.82, 2.24) is 4.90 Å². The second kappa shape index (κ2) is 9.73. The van der Waals surface area contributed by atoms with Crippen molar-refractivity contribution in [3.05, 3.63) is 88.4 Å². The van der Waals surface area contributed by atoms with E-state index in [0.717, 1.165) is 51.8 Å². The minimum absolute atomic E-state index is 0.218. The Morgan fingerprint density at radius 1 is 1.06 bits per heavy atom. The van der Waals surface area contributed by atoms with Gasteiger partial charge in [-0.2, -0.15) is 0 Å². The van der Waals surface area contributed by atoms with Gasteiger partial charge in [-0.3, -0.25) is 4.90 Å². The Labute approximate surface area is 206 Å². The summed E-state index contributed by atoms with van der Waals surface area (Å²) < 4.78 is 12.5. The Morgan fingerprint density at radius 2 is 1.85 bits per heavy atom. The Morgan fingerprint density at radius 3 is 2.59 bits per heavy atom. The number of halogens is 1. The first-order valence-electron chi connectivity index (χ1n) is 11.9. The first-order valence-corrected chi connectivity index (χ1v) is 12.3. The fourth-order valence-corrected chi connectivity index (χ4v) is 5.04. The lowest BCUT2D eigenvalue weighted by Gasteiger charge is -2.38. The molecule has 5 heteroatoms. The second-order valence-electron chi connectivity index (χ2n) is 9.18. The number of fused-ring (bicyclic) bond motifs is 1. The van der Waals surface area contributed by atoms with Crippen molar-refractivity contribution in [2.24, 2.45) is 5.92 Å². The summed E-state index contributed by atoms with van der Waals surface area (Å²) in [5.41, 5.74) is 5.03. The van der Waals surface area contributed by atoms with Crippen molar-refractivity contribution in [1.29, 1.82) is 0 Å². The zero-order valence-corrected chi connectivity index (χ0v) is 20.4. The third-order valence-electron chi connectivity index (χ3n) is 6.88. The van der Waals surface area contributed by atoms with E-state index in [-0.39, 0.29) is 11.9 Å². The van der Waals surface area contributed by atoms with Gasteiger partial charge in [0, 0.05) is 35.8 Å². The van der Waals surface area contributed by atoms with Crippen LogP contribution >= 0.6 is 11.6 Å². The van der Waals surface area contributed by atoms with Gasteiger partial charge >= 0.3 is 0 Å². The molecular weight excluding hydrogens is 446 g/mol. The van der Waals surface area contributed by atoms with E-state index >= 15 is 0 Å². The molecule has 0 bridgehead atoms. The summed E-state index contributed by atoms with van der Waals surface area (Å²) in [6.45, 7) is 8.37. The number of hydrogen-bond donors (Lipinski definition) is 1. The summed E-state index contributed by atoms with van der Waals surface area (Å²) >= 11 is 6.33. The minimum atomic E-state index is -0.295. The van der Waals surface area contributed by atoms with Crippen LogP contribution in [0.4, 0.5) is 0 Å². The molecule has 2 aliphatic heterocycles. The Hall–Kier alpha value is -2.95. The molecule has 2 aliphatic rings. The van der Waals surface area contributed by atoms with Gasteiger partial charge < -0.3 is 14.6 Å². The van der Waals surface area contributed by atoms with E-state index in [1.54, 1.807) is 12.1 Å². The second-order valence-corrected chi connectivity index (χ2v) is 9.62. The topological polar surface area (TPSA) is 41.9 Å². The van der Waals surface area contributed by atoms with Crippen molar-refractivity contribution >= 4 is 22.7 Å². The third kappa shape index (κ3) is 4.66. The molecule has 0 saturated carbocycles.